The molecule has 1 heterocycles. The Kier molecular flexibility index (Phi) is 4.15. The molecule has 0 radical (unpaired) electrons. The highest BCUT2D eigenvalue weighted by Crippen LogP contribution is 2.32. The van der Waals surface area contributed by atoms with Gasteiger partial charge in [0.15, 0.2) is 0 Å². The van der Waals surface area contributed by atoms with Crippen molar-refractivity contribution in [2.24, 2.45) is 0 Å². The molecule has 1 atom stereocenters. The van der Waals surface area contributed by atoms with Crippen molar-refractivity contribution >= 4 is 34.7 Å². The Bertz CT molecular complexity index is 500. The topological polar surface area (TPSA) is 38.3 Å². The molecule has 0 saturated carbocycles. The summed E-state index contributed by atoms with van der Waals surface area (Å²) in [5.74, 6) is -0.248. The second-order valence-electron chi connectivity index (χ2n) is 3.97. The fraction of sp³-hybridized carbons (Fsp3) is 0.308. The van der Waals surface area contributed by atoms with Gasteiger partial charge in [0.05, 0.1) is 6.61 Å². The molecule has 1 aromatic carbocycles. The monoisotopic (exact) mass is 285 g/mol. The smallest absolute Gasteiger partial charge is 0.328 e. The maximum absolute atomic E-state index is 11.6. The zero-order chi connectivity index (χ0) is 13.1. The molecule has 5 heteroatoms. The van der Waals surface area contributed by atoms with E-state index in [1.54, 1.807) is 31.3 Å². The minimum Gasteiger partial charge on any atom is -0.464 e. The van der Waals surface area contributed by atoms with Crippen LogP contribution >= 0.6 is 23.2 Å². The predicted octanol–water partition coefficient (Wildman–Crippen LogP) is 3.26. The lowest BCUT2D eigenvalue weighted by Crippen LogP contribution is -2.31. The fourth-order valence-corrected chi connectivity index (χ4v) is 2.28. The summed E-state index contributed by atoms with van der Waals surface area (Å²) in [6, 6.07) is 4.94. The van der Waals surface area contributed by atoms with Crippen molar-refractivity contribution in [1.82, 2.24) is 5.32 Å². The molecule has 0 aliphatic carbocycles. The number of halogens is 2. The van der Waals surface area contributed by atoms with E-state index in [-0.39, 0.29) is 12.0 Å². The molecular formula is C13H13Cl2NO2. The molecule has 1 aliphatic rings. The molecule has 0 amide bonds. The molecule has 1 aliphatic heterocycles. The number of esters is 1. The first-order valence-corrected chi connectivity index (χ1v) is 6.44. The highest BCUT2D eigenvalue weighted by molar-refractivity contribution is 6.34. The molecule has 96 valence electrons. The molecule has 0 aromatic heterocycles. The van der Waals surface area contributed by atoms with E-state index in [0.717, 1.165) is 11.1 Å². The third-order valence-corrected chi connectivity index (χ3v) is 3.29. The Morgan fingerprint density at radius 1 is 1.50 bits per heavy atom. The fourth-order valence-electron chi connectivity index (χ4n) is 1.86. The van der Waals surface area contributed by atoms with Crippen molar-refractivity contribution in [2.75, 3.05) is 6.61 Å². The number of benzene rings is 1. The summed E-state index contributed by atoms with van der Waals surface area (Å²) in [6.07, 6.45) is 2.35. The molecule has 1 N–H and O–H groups in total. The lowest BCUT2D eigenvalue weighted by atomic mass is 10.0. The molecule has 2 rings (SSSR count). The zero-order valence-corrected chi connectivity index (χ0v) is 11.4. The van der Waals surface area contributed by atoms with Gasteiger partial charge >= 0.3 is 5.97 Å². The Morgan fingerprint density at radius 3 is 3.00 bits per heavy atom. The number of nitrogens with one attached hydrogen (secondary N) is 1. The van der Waals surface area contributed by atoms with Crippen LogP contribution in [0.2, 0.25) is 10.0 Å². The van der Waals surface area contributed by atoms with Crippen LogP contribution < -0.4 is 5.32 Å². The van der Waals surface area contributed by atoms with Crippen LogP contribution in [0.5, 0.6) is 0 Å². The molecule has 0 fully saturated rings. The van der Waals surface area contributed by atoms with Crippen molar-refractivity contribution in [2.45, 2.75) is 19.4 Å². The van der Waals surface area contributed by atoms with Crippen LogP contribution in [-0.2, 0) is 9.53 Å². The zero-order valence-electron chi connectivity index (χ0n) is 9.87. The first-order valence-electron chi connectivity index (χ1n) is 5.69. The number of carbonyl (C=O) groups is 1. The summed E-state index contributed by atoms with van der Waals surface area (Å²) in [6.45, 7) is 2.17. The first-order chi connectivity index (χ1) is 8.61. The van der Waals surface area contributed by atoms with Crippen LogP contribution in [-0.4, -0.2) is 18.6 Å². The molecule has 0 saturated heterocycles. The van der Waals surface area contributed by atoms with Gasteiger partial charge in [0.2, 0.25) is 0 Å². The van der Waals surface area contributed by atoms with Gasteiger partial charge in [-0.05, 0) is 36.3 Å². The molecular weight excluding hydrogens is 273 g/mol. The Labute approximate surface area is 116 Å². The van der Waals surface area contributed by atoms with E-state index in [4.69, 9.17) is 27.9 Å². The van der Waals surface area contributed by atoms with Gasteiger partial charge in [-0.1, -0.05) is 23.2 Å². The van der Waals surface area contributed by atoms with Gasteiger partial charge in [0.1, 0.15) is 6.04 Å². The number of hydrogen-bond acceptors (Lipinski definition) is 3. The number of carbonyl (C=O) groups excluding carboxylic acids is 1. The highest BCUT2D eigenvalue weighted by atomic mass is 35.5. The maximum atomic E-state index is 11.6. The largest absolute Gasteiger partial charge is 0.464 e. The lowest BCUT2D eigenvalue weighted by Gasteiger charge is -2.10. The van der Waals surface area contributed by atoms with Gasteiger partial charge < -0.3 is 10.1 Å². The average molecular weight is 286 g/mol. The van der Waals surface area contributed by atoms with Crippen molar-refractivity contribution in [3.63, 3.8) is 0 Å². The molecule has 0 spiro atoms. The van der Waals surface area contributed by atoms with Gasteiger partial charge in [-0.2, -0.15) is 0 Å². The molecule has 1 unspecified atom stereocenters. The summed E-state index contributed by atoms with van der Waals surface area (Å²) in [5, 5.41) is 4.24. The van der Waals surface area contributed by atoms with Crippen molar-refractivity contribution in [3.8, 4) is 0 Å². The Balaban J connectivity index is 2.13. The van der Waals surface area contributed by atoms with Crippen LogP contribution in [0, 0.1) is 0 Å². The summed E-state index contributed by atoms with van der Waals surface area (Å²) in [7, 11) is 0. The summed E-state index contributed by atoms with van der Waals surface area (Å²) in [5.41, 5.74) is 1.81. The third-order valence-electron chi connectivity index (χ3n) is 2.73. The van der Waals surface area contributed by atoms with E-state index in [1.807, 2.05) is 0 Å². The van der Waals surface area contributed by atoms with Crippen LogP contribution in [0.15, 0.2) is 24.4 Å². The summed E-state index contributed by atoms with van der Waals surface area (Å²) < 4.78 is 4.97. The lowest BCUT2D eigenvalue weighted by molar-refractivity contribution is -0.145. The standard InChI is InChI=1S/C13H13Cl2NO2/c1-2-18-13(17)12-5-8(7-16-12)10-6-9(14)3-4-11(10)15/h3-4,6-7,12,16H,2,5H2,1H3. The van der Waals surface area contributed by atoms with Crippen LogP contribution in [0.4, 0.5) is 0 Å². The second kappa shape index (κ2) is 5.63. The predicted molar refractivity (Wildman–Crippen MR) is 72.6 cm³/mol. The van der Waals surface area contributed by atoms with Gasteiger partial charge in [0.25, 0.3) is 0 Å². The minimum atomic E-state index is -0.338. The van der Waals surface area contributed by atoms with E-state index < -0.39 is 0 Å². The number of ether oxygens (including phenoxy) is 1. The van der Waals surface area contributed by atoms with Crippen LogP contribution in [0.25, 0.3) is 5.57 Å². The average Bonchev–Trinajstić information content (AvgIpc) is 2.82. The van der Waals surface area contributed by atoms with E-state index in [1.165, 1.54) is 0 Å². The van der Waals surface area contributed by atoms with Crippen molar-refractivity contribution in [1.29, 1.82) is 0 Å². The molecule has 18 heavy (non-hydrogen) atoms. The SMILES string of the molecule is CCOC(=O)C1CC(c2cc(Cl)ccc2Cl)=CN1. The summed E-state index contributed by atoms with van der Waals surface area (Å²) in [4.78, 5) is 11.6. The Morgan fingerprint density at radius 2 is 2.28 bits per heavy atom. The van der Waals surface area contributed by atoms with Crippen LogP contribution in [0.3, 0.4) is 0 Å². The number of hydrogen-bond donors (Lipinski definition) is 1. The highest BCUT2D eigenvalue weighted by Gasteiger charge is 2.26. The van der Waals surface area contributed by atoms with E-state index in [2.05, 4.69) is 5.32 Å². The van der Waals surface area contributed by atoms with Gasteiger partial charge in [-0.15, -0.1) is 0 Å². The van der Waals surface area contributed by atoms with Gasteiger partial charge in [-0.25, -0.2) is 4.79 Å². The second-order valence-corrected chi connectivity index (χ2v) is 4.81. The maximum Gasteiger partial charge on any atom is 0.328 e. The Hall–Kier alpha value is -1.19. The normalized spacial score (nSPS) is 18.2. The van der Waals surface area contributed by atoms with Crippen molar-refractivity contribution in [3.05, 3.63) is 40.0 Å². The van der Waals surface area contributed by atoms with E-state index >= 15 is 0 Å². The van der Waals surface area contributed by atoms with Crippen LogP contribution in [0.1, 0.15) is 18.9 Å². The van der Waals surface area contributed by atoms with Gasteiger partial charge in [-0.3, -0.25) is 0 Å². The van der Waals surface area contributed by atoms with Crippen molar-refractivity contribution < 1.29 is 9.53 Å². The number of rotatable bonds is 3. The van der Waals surface area contributed by atoms with Gasteiger partial charge in [0, 0.05) is 22.7 Å². The first kappa shape index (κ1) is 13.2. The van der Waals surface area contributed by atoms with E-state index in [0.29, 0.717) is 23.1 Å². The molecule has 1 aromatic rings. The quantitative estimate of drug-likeness (QED) is 0.867. The third kappa shape index (κ3) is 2.79. The molecule has 3 nitrogen and oxygen atoms in total. The molecule has 0 bridgehead atoms. The van der Waals surface area contributed by atoms with E-state index in [9.17, 15) is 4.79 Å². The minimum absolute atomic E-state index is 0.248. The summed E-state index contributed by atoms with van der Waals surface area (Å²) >= 11 is 12.1.